The Hall–Kier alpha value is -1.75. The maximum atomic E-state index is 12.1. The van der Waals surface area contributed by atoms with Gasteiger partial charge in [-0.15, -0.1) is 0 Å². The first-order chi connectivity index (χ1) is 8.08. The summed E-state index contributed by atoms with van der Waals surface area (Å²) in [4.78, 5) is 13.7. The Labute approximate surface area is 101 Å². The van der Waals surface area contributed by atoms with Crippen molar-refractivity contribution >= 4 is 17.3 Å². The number of nitrogen functional groups attached to an aromatic ring is 2. The van der Waals surface area contributed by atoms with Crippen LogP contribution in [-0.4, -0.2) is 35.6 Å². The summed E-state index contributed by atoms with van der Waals surface area (Å²) in [5.41, 5.74) is 12.7. The van der Waals surface area contributed by atoms with Gasteiger partial charge >= 0.3 is 0 Å². The van der Waals surface area contributed by atoms with E-state index in [1.165, 1.54) is 0 Å². The normalized spacial score (nSPS) is 10.2. The zero-order chi connectivity index (χ0) is 12.8. The fourth-order valence-corrected chi connectivity index (χ4v) is 1.69. The van der Waals surface area contributed by atoms with Crippen LogP contribution in [0.1, 0.15) is 23.7 Å². The third kappa shape index (κ3) is 3.64. The number of benzene rings is 1. The lowest BCUT2D eigenvalue weighted by atomic mass is 10.1. The molecule has 0 fully saturated rings. The summed E-state index contributed by atoms with van der Waals surface area (Å²) in [7, 11) is 0. The van der Waals surface area contributed by atoms with Gasteiger partial charge in [-0.1, -0.05) is 6.92 Å². The average Bonchev–Trinajstić information content (AvgIpc) is 2.26. The molecule has 0 aliphatic carbocycles. The number of rotatable bonds is 5. The van der Waals surface area contributed by atoms with Crippen LogP contribution in [-0.2, 0) is 0 Å². The van der Waals surface area contributed by atoms with Crippen molar-refractivity contribution in [1.29, 1.82) is 0 Å². The highest BCUT2D eigenvalue weighted by atomic mass is 16.3. The van der Waals surface area contributed by atoms with E-state index in [-0.39, 0.29) is 12.5 Å². The number of nitrogens with two attached hydrogens (primary N) is 2. The van der Waals surface area contributed by atoms with Crippen molar-refractivity contribution in [2.24, 2.45) is 0 Å². The van der Waals surface area contributed by atoms with Crippen LogP contribution < -0.4 is 11.5 Å². The molecule has 0 aromatic heterocycles. The Bertz CT molecular complexity index is 367. The van der Waals surface area contributed by atoms with Crippen molar-refractivity contribution in [1.82, 2.24) is 4.90 Å². The lowest BCUT2D eigenvalue weighted by Crippen LogP contribution is -2.34. The molecule has 5 nitrogen and oxygen atoms in total. The predicted octanol–water partition coefficient (Wildman–Crippen LogP) is 0.696. The van der Waals surface area contributed by atoms with E-state index in [4.69, 9.17) is 16.6 Å². The van der Waals surface area contributed by atoms with Gasteiger partial charge < -0.3 is 21.5 Å². The van der Waals surface area contributed by atoms with Gasteiger partial charge in [-0.2, -0.15) is 0 Å². The zero-order valence-corrected chi connectivity index (χ0v) is 10.0. The first-order valence-electron chi connectivity index (χ1n) is 5.64. The number of nitrogens with zero attached hydrogens (tertiary/aromatic N) is 1. The molecule has 0 aliphatic rings. The second kappa shape index (κ2) is 6.10. The van der Waals surface area contributed by atoms with E-state index in [0.29, 0.717) is 30.0 Å². The highest BCUT2D eigenvalue weighted by Gasteiger charge is 2.15. The molecule has 0 saturated heterocycles. The SMILES string of the molecule is CCCN(CCO)C(=O)c1cc(N)cc(N)c1. The molecule has 0 aliphatic heterocycles. The first-order valence-corrected chi connectivity index (χ1v) is 5.64. The number of carbonyl (C=O) groups is 1. The van der Waals surface area contributed by atoms with Gasteiger partial charge in [0.15, 0.2) is 0 Å². The summed E-state index contributed by atoms with van der Waals surface area (Å²) in [6.07, 6.45) is 0.837. The molecular weight excluding hydrogens is 218 g/mol. The van der Waals surface area contributed by atoms with Crippen molar-refractivity contribution in [3.05, 3.63) is 23.8 Å². The highest BCUT2D eigenvalue weighted by Crippen LogP contribution is 2.15. The van der Waals surface area contributed by atoms with Crippen LogP contribution >= 0.6 is 0 Å². The van der Waals surface area contributed by atoms with Gasteiger partial charge in [0, 0.05) is 30.0 Å². The summed E-state index contributed by atoms with van der Waals surface area (Å²) in [5, 5.41) is 8.93. The number of hydrogen-bond donors (Lipinski definition) is 3. The van der Waals surface area contributed by atoms with Crippen molar-refractivity contribution in [3.63, 3.8) is 0 Å². The molecule has 0 atom stereocenters. The molecule has 1 amide bonds. The lowest BCUT2D eigenvalue weighted by molar-refractivity contribution is 0.0722. The molecule has 1 aromatic carbocycles. The number of amides is 1. The Morgan fingerprint density at radius 1 is 1.24 bits per heavy atom. The molecule has 0 unspecified atom stereocenters. The quantitative estimate of drug-likeness (QED) is 0.657. The van der Waals surface area contributed by atoms with Crippen LogP contribution in [0.3, 0.4) is 0 Å². The molecule has 5 N–H and O–H groups in total. The summed E-state index contributed by atoms with van der Waals surface area (Å²) in [6, 6.07) is 4.80. The van der Waals surface area contributed by atoms with Crippen LogP contribution in [0.25, 0.3) is 0 Å². The lowest BCUT2D eigenvalue weighted by Gasteiger charge is -2.21. The number of aliphatic hydroxyl groups excluding tert-OH is 1. The predicted molar refractivity (Wildman–Crippen MR) is 68.5 cm³/mol. The van der Waals surface area contributed by atoms with Crippen molar-refractivity contribution in [3.8, 4) is 0 Å². The van der Waals surface area contributed by atoms with Crippen molar-refractivity contribution in [2.75, 3.05) is 31.2 Å². The Morgan fingerprint density at radius 2 is 1.82 bits per heavy atom. The molecule has 17 heavy (non-hydrogen) atoms. The fraction of sp³-hybridized carbons (Fsp3) is 0.417. The third-order valence-electron chi connectivity index (χ3n) is 2.38. The average molecular weight is 237 g/mol. The maximum absolute atomic E-state index is 12.1. The number of anilines is 2. The van der Waals surface area contributed by atoms with Gasteiger partial charge in [0.05, 0.1) is 6.61 Å². The van der Waals surface area contributed by atoms with Gasteiger partial charge in [0.25, 0.3) is 5.91 Å². The van der Waals surface area contributed by atoms with Crippen LogP contribution in [0.15, 0.2) is 18.2 Å². The summed E-state index contributed by atoms with van der Waals surface area (Å²) < 4.78 is 0. The monoisotopic (exact) mass is 237 g/mol. The van der Waals surface area contributed by atoms with E-state index in [0.717, 1.165) is 6.42 Å². The second-order valence-corrected chi connectivity index (χ2v) is 3.90. The minimum absolute atomic E-state index is 0.0520. The number of hydrogen-bond acceptors (Lipinski definition) is 4. The van der Waals surface area contributed by atoms with Gasteiger partial charge in [-0.05, 0) is 24.6 Å². The molecule has 5 heteroatoms. The molecule has 1 aromatic rings. The Morgan fingerprint density at radius 3 is 2.29 bits per heavy atom. The third-order valence-corrected chi connectivity index (χ3v) is 2.38. The Balaban J connectivity index is 2.92. The summed E-state index contributed by atoms with van der Waals surface area (Å²) >= 11 is 0. The standard InChI is InChI=1S/C12H19N3O2/c1-2-3-15(4-5-16)12(17)9-6-10(13)8-11(14)7-9/h6-8,16H,2-5,13-14H2,1H3. The van der Waals surface area contributed by atoms with E-state index in [1.54, 1.807) is 23.1 Å². The van der Waals surface area contributed by atoms with Crippen LogP contribution in [0.2, 0.25) is 0 Å². The van der Waals surface area contributed by atoms with E-state index in [1.807, 2.05) is 6.92 Å². The largest absolute Gasteiger partial charge is 0.399 e. The van der Waals surface area contributed by atoms with Crippen molar-refractivity contribution < 1.29 is 9.90 Å². The van der Waals surface area contributed by atoms with Crippen LogP contribution in [0.5, 0.6) is 0 Å². The number of aliphatic hydroxyl groups is 1. The zero-order valence-electron chi connectivity index (χ0n) is 10.0. The van der Waals surface area contributed by atoms with E-state index in [9.17, 15) is 4.79 Å². The minimum atomic E-state index is -0.153. The minimum Gasteiger partial charge on any atom is -0.399 e. The van der Waals surface area contributed by atoms with E-state index < -0.39 is 0 Å². The molecular formula is C12H19N3O2. The Kier molecular flexibility index (Phi) is 4.78. The molecule has 94 valence electrons. The smallest absolute Gasteiger partial charge is 0.254 e. The molecule has 0 heterocycles. The second-order valence-electron chi connectivity index (χ2n) is 3.90. The topological polar surface area (TPSA) is 92.6 Å². The molecule has 0 spiro atoms. The van der Waals surface area contributed by atoms with Crippen LogP contribution in [0, 0.1) is 0 Å². The highest BCUT2D eigenvalue weighted by molar-refractivity contribution is 5.96. The van der Waals surface area contributed by atoms with Gasteiger partial charge in [0.1, 0.15) is 0 Å². The van der Waals surface area contributed by atoms with Gasteiger partial charge in [-0.25, -0.2) is 0 Å². The van der Waals surface area contributed by atoms with E-state index >= 15 is 0 Å². The van der Waals surface area contributed by atoms with Crippen LogP contribution in [0.4, 0.5) is 11.4 Å². The maximum Gasteiger partial charge on any atom is 0.254 e. The molecule has 0 saturated carbocycles. The van der Waals surface area contributed by atoms with Gasteiger partial charge in [-0.3, -0.25) is 4.79 Å². The fourth-order valence-electron chi connectivity index (χ4n) is 1.69. The summed E-state index contributed by atoms with van der Waals surface area (Å²) in [5.74, 6) is -0.153. The van der Waals surface area contributed by atoms with Gasteiger partial charge in [0.2, 0.25) is 0 Å². The first kappa shape index (κ1) is 13.3. The van der Waals surface area contributed by atoms with E-state index in [2.05, 4.69) is 0 Å². The molecule has 1 rings (SSSR count). The molecule has 0 bridgehead atoms. The summed E-state index contributed by atoms with van der Waals surface area (Å²) in [6.45, 7) is 2.85. The number of carbonyl (C=O) groups excluding carboxylic acids is 1. The van der Waals surface area contributed by atoms with Crippen molar-refractivity contribution in [2.45, 2.75) is 13.3 Å². The molecule has 0 radical (unpaired) electrons.